The van der Waals surface area contributed by atoms with E-state index in [0.29, 0.717) is 26.1 Å². The standard InChI is InChI=1S/C22H30N4O3/c1-2-3-15-26-20(11-13-23-26)24-22(28)18-8-7-14-25(17-18)21(27)12-16-29-19-9-5-4-6-10-19/h4-6,9-11,13,18H,2-3,7-8,12,14-17H2,1H3,(H,24,28). The molecular formula is C22H30N4O3. The van der Waals surface area contributed by atoms with Crippen LogP contribution in [0, 0.1) is 5.92 Å². The second-order valence-electron chi connectivity index (χ2n) is 7.37. The fraction of sp³-hybridized carbons (Fsp3) is 0.500. The quantitative estimate of drug-likeness (QED) is 0.703. The highest BCUT2D eigenvalue weighted by Gasteiger charge is 2.28. The van der Waals surface area contributed by atoms with Crippen LogP contribution in [0.25, 0.3) is 0 Å². The summed E-state index contributed by atoms with van der Waals surface area (Å²) < 4.78 is 7.45. The molecule has 3 rings (SSSR count). The van der Waals surface area contributed by atoms with Crippen LogP contribution in [0.2, 0.25) is 0 Å². The first-order valence-electron chi connectivity index (χ1n) is 10.5. The Bertz CT molecular complexity index is 790. The molecule has 1 aliphatic rings. The number of anilines is 1. The number of unbranched alkanes of at least 4 members (excludes halogenated alkanes) is 1. The van der Waals surface area contributed by atoms with Crippen LogP contribution in [0.1, 0.15) is 39.0 Å². The van der Waals surface area contributed by atoms with E-state index in [4.69, 9.17) is 4.74 Å². The lowest BCUT2D eigenvalue weighted by molar-refractivity contribution is -0.135. The summed E-state index contributed by atoms with van der Waals surface area (Å²) in [6.07, 6.45) is 5.72. The second kappa shape index (κ2) is 10.6. The topological polar surface area (TPSA) is 76.5 Å². The van der Waals surface area contributed by atoms with Gasteiger partial charge < -0.3 is 15.0 Å². The van der Waals surface area contributed by atoms with Gasteiger partial charge in [-0.25, -0.2) is 4.68 Å². The molecule has 1 saturated heterocycles. The lowest BCUT2D eigenvalue weighted by Gasteiger charge is -2.32. The number of likely N-dealkylation sites (tertiary alicyclic amines) is 1. The Kier molecular flexibility index (Phi) is 7.67. The van der Waals surface area contributed by atoms with Crippen molar-refractivity contribution in [2.75, 3.05) is 25.0 Å². The molecule has 0 aliphatic carbocycles. The molecule has 1 atom stereocenters. The van der Waals surface area contributed by atoms with E-state index in [1.54, 1.807) is 11.1 Å². The van der Waals surface area contributed by atoms with Gasteiger partial charge in [0.25, 0.3) is 0 Å². The van der Waals surface area contributed by atoms with Crippen molar-refractivity contribution in [3.05, 3.63) is 42.6 Å². The Morgan fingerprint density at radius 1 is 1.24 bits per heavy atom. The lowest BCUT2D eigenvalue weighted by atomic mass is 9.97. The van der Waals surface area contributed by atoms with Crippen LogP contribution in [0.5, 0.6) is 5.75 Å². The van der Waals surface area contributed by atoms with E-state index in [1.807, 2.05) is 41.1 Å². The van der Waals surface area contributed by atoms with Gasteiger partial charge in [0.1, 0.15) is 11.6 Å². The van der Waals surface area contributed by atoms with Crippen molar-refractivity contribution in [3.8, 4) is 5.75 Å². The zero-order valence-corrected chi connectivity index (χ0v) is 17.0. The molecule has 0 radical (unpaired) electrons. The summed E-state index contributed by atoms with van der Waals surface area (Å²) in [6, 6.07) is 11.3. The normalized spacial score (nSPS) is 16.4. The molecule has 0 spiro atoms. The molecule has 7 heteroatoms. The third kappa shape index (κ3) is 6.07. The number of hydrogen-bond acceptors (Lipinski definition) is 4. The fourth-order valence-electron chi connectivity index (χ4n) is 3.50. The van der Waals surface area contributed by atoms with E-state index >= 15 is 0 Å². The summed E-state index contributed by atoms with van der Waals surface area (Å²) >= 11 is 0. The Labute approximate surface area is 172 Å². The minimum Gasteiger partial charge on any atom is -0.493 e. The van der Waals surface area contributed by atoms with Gasteiger partial charge in [-0.1, -0.05) is 31.5 Å². The van der Waals surface area contributed by atoms with Gasteiger partial charge in [-0.05, 0) is 31.4 Å². The minimum absolute atomic E-state index is 0.0337. The van der Waals surface area contributed by atoms with Crippen molar-refractivity contribution >= 4 is 17.6 Å². The van der Waals surface area contributed by atoms with Crippen molar-refractivity contribution in [1.82, 2.24) is 14.7 Å². The first-order chi connectivity index (χ1) is 14.2. The molecule has 1 aromatic heterocycles. The van der Waals surface area contributed by atoms with Crippen LogP contribution >= 0.6 is 0 Å². The average Bonchev–Trinajstić information content (AvgIpc) is 3.19. The maximum atomic E-state index is 12.7. The average molecular weight is 399 g/mol. The number of benzene rings is 1. The van der Waals surface area contributed by atoms with Crippen LogP contribution in [0.15, 0.2) is 42.6 Å². The van der Waals surface area contributed by atoms with E-state index in [2.05, 4.69) is 17.3 Å². The van der Waals surface area contributed by atoms with Gasteiger partial charge in [-0.15, -0.1) is 0 Å². The molecule has 0 bridgehead atoms. The van der Waals surface area contributed by atoms with Crippen LogP contribution in [-0.2, 0) is 16.1 Å². The van der Waals surface area contributed by atoms with Gasteiger partial charge in [-0.2, -0.15) is 5.10 Å². The number of nitrogens with one attached hydrogen (secondary N) is 1. The van der Waals surface area contributed by atoms with Crippen molar-refractivity contribution in [2.45, 2.75) is 45.6 Å². The number of para-hydroxylation sites is 1. The Morgan fingerprint density at radius 3 is 2.86 bits per heavy atom. The van der Waals surface area contributed by atoms with Crippen molar-refractivity contribution < 1.29 is 14.3 Å². The second-order valence-corrected chi connectivity index (χ2v) is 7.37. The van der Waals surface area contributed by atoms with Gasteiger partial charge in [0.05, 0.1) is 25.1 Å². The summed E-state index contributed by atoms with van der Waals surface area (Å²) in [4.78, 5) is 27.1. The van der Waals surface area contributed by atoms with Crippen molar-refractivity contribution in [3.63, 3.8) is 0 Å². The smallest absolute Gasteiger partial charge is 0.230 e. The number of rotatable bonds is 9. The number of carbonyl (C=O) groups excluding carboxylic acids is 2. The van der Waals surface area contributed by atoms with Gasteiger partial charge in [0.2, 0.25) is 11.8 Å². The number of ether oxygens (including phenoxy) is 1. The predicted molar refractivity (Wildman–Crippen MR) is 112 cm³/mol. The minimum atomic E-state index is -0.197. The molecule has 1 aliphatic heterocycles. The molecule has 0 saturated carbocycles. The highest BCUT2D eigenvalue weighted by Crippen LogP contribution is 2.20. The molecular weight excluding hydrogens is 368 g/mol. The number of piperidine rings is 1. The number of amides is 2. The molecule has 2 aromatic rings. The third-order valence-electron chi connectivity index (χ3n) is 5.16. The number of hydrogen-bond donors (Lipinski definition) is 1. The highest BCUT2D eigenvalue weighted by molar-refractivity contribution is 5.92. The van der Waals surface area contributed by atoms with E-state index < -0.39 is 0 Å². The molecule has 1 fully saturated rings. The van der Waals surface area contributed by atoms with E-state index in [-0.39, 0.29) is 17.7 Å². The third-order valence-corrected chi connectivity index (χ3v) is 5.16. The van der Waals surface area contributed by atoms with Gasteiger partial charge in [0.15, 0.2) is 0 Å². The Hall–Kier alpha value is -2.83. The summed E-state index contributed by atoms with van der Waals surface area (Å²) in [6.45, 7) is 4.41. The molecule has 1 aromatic carbocycles. The van der Waals surface area contributed by atoms with Gasteiger partial charge in [0, 0.05) is 25.7 Å². The molecule has 7 nitrogen and oxygen atoms in total. The summed E-state index contributed by atoms with van der Waals surface area (Å²) in [5, 5.41) is 7.27. The first kappa shape index (κ1) is 20.9. The molecule has 2 heterocycles. The van der Waals surface area contributed by atoms with E-state index in [9.17, 15) is 9.59 Å². The SMILES string of the molecule is CCCCn1nccc1NC(=O)C1CCCN(C(=O)CCOc2ccccc2)C1. The zero-order valence-electron chi connectivity index (χ0n) is 17.0. The maximum absolute atomic E-state index is 12.7. The number of nitrogens with zero attached hydrogens (tertiary/aromatic N) is 3. The van der Waals surface area contributed by atoms with Crippen LogP contribution in [0.4, 0.5) is 5.82 Å². The molecule has 1 N–H and O–H groups in total. The molecule has 2 amide bonds. The number of carbonyl (C=O) groups is 2. The predicted octanol–water partition coefficient (Wildman–Crippen LogP) is 3.33. The van der Waals surface area contributed by atoms with Crippen LogP contribution < -0.4 is 10.1 Å². The summed E-state index contributed by atoms with van der Waals surface area (Å²) in [5.41, 5.74) is 0. The van der Waals surface area contributed by atoms with Crippen molar-refractivity contribution in [2.24, 2.45) is 5.92 Å². The summed E-state index contributed by atoms with van der Waals surface area (Å²) in [5.74, 6) is 1.28. The lowest BCUT2D eigenvalue weighted by Crippen LogP contribution is -2.44. The Balaban J connectivity index is 1.47. The molecule has 29 heavy (non-hydrogen) atoms. The largest absolute Gasteiger partial charge is 0.493 e. The molecule has 1 unspecified atom stereocenters. The van der Waals surface area contributed by atoms with Gasteiger partial charge in [-0.3, -0.25) is 9.59 Å². The fourth-order valence-corrected chi connectivity index (χ4v) is 3.50. The zero-order chi connectivity index (χ0) is 20.5. The van der Waals surface area contributed by atoms with Crippen LogP contribution in [-0.4, -0.2) is 46.2 Å². The van der Waals surface area contributed by atoms with Crippen molar-refractivity contribution in [1.29, 1.82) is 0 Å². The number of aromatic nitrogens is 2. The summed E-state index contributed by atoms with van der Waals surface area (Å²) in [7, 11) is 0. The Morgan fingerprint density at radius 2 is 2.07 bits per heavy atom. The first-order valence-corrected chi connectivity index (χ1v) is 10.5. The van der Waals surface area contributed by atoms with E-state index in [1.165, 1.54) is 0 Å². The monoisotopic (exact) mass is 398 g/mol. The highest BCUT2D eigenvalue weighted by atomic mass is 16.5. The number of aryl methyl sites for hydroxylation is 1. The molecule has 156 valence electrons. The van der Waals surface area contributed by atoms with Gasteiger partial charge >= 0.3 is 0 Å². The van der Waals surface area contributed by atoms with Crippen LogP contribution in [0.3, 0.4) is 0 Å². The van der Waals surface area contributed by atoms with E-state index in [0.717, 1.165) is 43.8 Å². The maximum Gasteiger partial charge on any atom is 0.230 e.